The van der Waals surface area contributed by atoms with Crippen molar-refractivity contribution in [2.45, 2.75) is 26.7 Å². The number of aryl methyl sites for hydroxylation is 1. The van der Waals surface area contributed by atoms with Gasteiger partial charge in [-0.2, -0.15) is 9.78 Å². The predicted molar refractivity (Wildman–Crippen MR) is 184 cm³/mol. The Hall–Kier alpha value is -5.83. The summed E-state index contributed by atoms with van der Waals surface area (Å²) >= 11 is 0. The number of carbonyl (C=O) groups excluding carboxylic acids is 1. The van der Waals surface area contributed by atoms with Gasteiger partial charge in [0.25, 0.3) is 11.5 Å². The van der Waals surface area contributed by atoms with Gasteiger partial charge < -0.3 is 14.8 Å². The smallest absolute Gasteiger partial charge is 0.282 e. The molecule has 5 aromatic carbocycles. The summed E-state index contributed by atoms with van der Waals surface area (Å²) in [6.07, 6.45) is 1.55. The second kappa shape index (κ2) is 13.3. The van der Waals surface area contributed by atoms with Crippen LogP contribution in [0.15, 0.2) is 107 Å². The molecule has 0 aliphatic heterocycles. The maximum atomic E-state index is 14.1. The molecular weight excluding hydrogens is 595 g/mol. The van der Waals surface area contributed by atoms with Gasteiger partial charge in [0.15, 0.2) is 12.4 Å². The van der Waals surface area contributed by atoms with Gasteiger partial charge in [0.2, 0.25) is 0 Å². The van der Waals surface area contributed by atoms with Gasteiger partial charge in [-0.05, 0) is 77.2 Å². The molecule has 0 bridgehead atoms. The van der Waals surface area contributed by atoms with Gasteiger partial charge in [-0.3, -0.25) is 9.59 Å². The summed E-state index contributed by atoms with van der Waals surface area (Å²) in [6.45, 7) is 5.73. The van der Waals surface area contributed by atoms with Crippen LogP contribution >= 0.6 is 0 Å². The number of para-hydroxylation sites is 2. The van der Waals surface area contributed by atoms with Crippen LogP contribution in [0.5, 0.6) is 11.5 Å². The number of rotatable bonds is 9. The summed E-state index contributed by atoms with van der Waals surface area (Å²) in [5.41, 5.74) is 3.42. The van der Waals surface area contributed by atoms with Crippen LogP contribution in [0.4, 0.5) is 10.1 Å². The van der Waals surface area contributed by atoms with E-state index in [1.54, 1.807) is 49.7 Å². The minimum absolute atomic E-state index is 0.0616. The number of hydrogen-bond acceptors (Lipinski definition) is 6. The SMILES string of the molecule is COc1cc(C)c(-c2nc3ccccc3c(=O)n2N=Cc2c(OCC(=O)Nc3ccccc3F)ccc3ccccc23)cc1C(C)C. The Morgan fingerprint density at radius 2 is 1.68 bits per heavy atom. The lowest BCUT2D eigenvalue weighted by atomic mass is 9.96. The van der Waals surface area contributed by atoms with E-state index in [2.05, 4.69) is 19.2 Å². The minimum atomic E-state index is -0.544. The number of methoxy groups -OCH3 is 1. The summed E-state index contributed by atoms with van der Waals surface area (Å²) in [7, 11) is 1.64. The number of amides is 1. The Balaban J connectivity index is 1.46. The molecule has 0 saturated carbocycles. The van der Waals surface area contributed by atoms with Gasteiger partial charge >= 0.3 is 0 Å². The molecule has 8 nitrogen and oxygen atoms in total. The Morgan fingerprint density at radius 3 is 2.45 bits per heavy atom. The molecule has 0 atom stereocenters. The van der Waals surface area contributed by atoms with E-state index in [4.69, 9.17) is 19.6 Å². The molecule has 0 unspecified atom stereocenters. The summed E-state index contributed by atoms with van der Waals surface area (Å²) < 4.78 is 27.0. The summed E-state index contributed by atoms with van der Waals surface area (Å²) in [4.78, 5) is 31.7. The average molecular weight is 629 g/mol. The van der Waals surface area contributed by atoms with Crippen LogP contribution in [-0.4, -0.2) is 35.5 Å². The molecule has 6 aromatic rings. The van der Waals surface area contributed by atoms with Gasteiger partial charge in [-0.15, -0.1) is 0 Å². The highest BCUT2D eigenvalue weighted by atomic mass is 19.1. The first kappa shape index (κ1) is 31.2. The molecule has 0 aliphatic rings. The van der Waals surface area contributed by atoms with E-state index in [9.17, 15) is 14.0 Å². The zero-order chi connectivity index (χ0) is 33.1. The molecule has 1 amide bonds. The fourth-order valence-electron chi connectivity index (χ4n) is 5.51. The molecule has 0 saturated heterocycles. The van der Waals surface area contributed by atoms with Gasteiger partial charge in [-0.25, -0.2) is 9.37 Å². The number of nitrogens with one attached hydrogen (secondary N) is 1. The van der Waals surface area contributed by atoms with Gasteiger partial charge in [-0.1, -0.05) is 68.4 Å². The first-order chi connectivity index (χ1) is 22.7. The fourth-order valence-corrected chi connectivity index (χ4v) is 5.51. The number of halogens is 1. The topological polar surface area (TPSA) is 94.8 Å². The van der Waals surface area contributed by atoms with Crippen molar-refractivity contribution in [2.24, 2.45) is 5.10 Å². The Morgan fingerprint density at radius 1 is 0.957 bits per heavy atom. The Bertz CT molecular complexity index is 2220. The van der Waals surface area contributed by atoms with E-state index in [0.717, 1.165) is 33.2 Å². The number of fused-ring (bicyclic) bond motifs is 2. The molecule has 6 rings (SSSR count). The Kier molecular flexibility index (Phi) is 8.79. The van der Waals surface area contributed by atoms with E-state index in [0.29, 0.717) is 28.0 Å². The van der Waals surface area contributed by atoms with E-state index in [1.807, 2.05) is 55.5 Å². The lowest BCUT2D eigenvalue weighted by Gasteiger charge is -2.17. The van der Waals surface area contributed by atoms with Crippen LogP contribution in [0.3, 0.4) is 0 Å². The van der Waals surface area contributed by atoms with Crippen molar-refractivity contribution >= 4 is 39.5 Å². The predicted octanol–water partition coefficient (Wildman–Crippen LogP) is 7.70. The van der Waals surface area contributed by atoms with Crippen LogP contribution in [0.25, 0.3) is 33.1 Å². The second-order valence-corrected chi connectivity index (χ2v) is 11.4. The number of benzene rings is 5. The third-order valence-electron chi connectivity index (χ3n) is 7.93. The van der Waals surface area contributed by atoms with Crippen LogP contribution in [0.1, 0.15) is 36.5 Å². The van der Waals surface area contributed by atoms with Crippen molar-refractivity contribution in [2.75, 3.05) is 19.0 Å². The standard InChI is InChI=1S/C38H33FN4O4/c1-23(2)28-20-29(24(3)19-35(28)46-4)37-42-32-15-9-7-13-27(32)38(45)43(37)40-21-30-26-12-6-5-11-25(26)17-18-34(30)47-22-36(44)41-33-16-10-8-14-31(33)39/h5-21,23H,22H2,1-4H3,(H,41,44). The van der Waals surface area contributed by atoms with Gasteiger partial charge in [0.1, 0.15) is 17.3 Å². The zero-order valence-electron chi connectivity index (χ0n) is 26.5. The van der Waals surface area contributed by atoms with Gasteiger partial charge in [0.05, 0.1) is 29.9 Å². The maximum Gasteiger partial charge on any atom is 0.282 e. The summed E-state index contributed by atoms with van der Waals surface area (Å²) in [6, 6.07) is 28.3. The lowest BCUT2D eigenvalue weighted by molar-refractivity contribution is -0.118. The molecule has 1 N–H and O–H groups in total. The highest BCUT2D eigenvalue weighted by molar-refractivity contribution is 6.03. The lowest BCUT2D eigenvalue weighted by Crippen LogP contribution is -2.22. The zero-order valence-corrected chi connectivity index (χ0v) is 26.5. The third kappa shape index (κ3) is 6.33. The third-order valence-corrected chi connectivity index (χ3v) is 7.93. The molecule has 0 radical (unpaired) electrons. The molecule has 236 valence electrons. The van der Waals surface area contributed by atoms with Crippen molar-refractivity contribution in [3.05, 3.63) is 130 Å². The molecule has 0 spiro atoms. The Labute approximate surface area is 271 Å². The van der Waals surface area contributed by atoms with Crippen LogP contribution < -0.4 is 20.3 Å². The number of ether oxygens (including phenoxy) is 2. The molecule has 1 aromatic heterocycles. The van der Waals surface area contributed by atoms with Gasteiger partial charge in [0, 0.05) is 11.1 Å². The highest BCUT2D eigenvalue weighted by Crippen LogP contribution is 2.34. The molecule has 9 heteroatoms. The van der Waals surface area contributed by atoms with Crippen molar-refractivity contribution in [1.82, 2.24) is 9.66 Å². The van der Waals surface area contributed by atoms with Crippen LogP contribution in [0, 0.1) is 12.7 Å². The van der Waals surface area contributed by atoms with E-state index in [1.165, 1.54) is 16.8 Å². The first-order valence-electron chi connectivity index (χ1n) is 15.2. The average Bonchev–Trinajstić information content (AvgIpc) is 3.07. The molecule has 0 fully saturated rings. The molecule has 47 heavy (non-hydrogen) atoms. The van der Waals surface area contributed by atoms with Crippen molar-refractivity contribution in [1.29, 1.82) is 0 Å². The number of carbonyl (C=O) groups is 1. The maximum absolute atomic E-state index is 14.1. The van der Waals surface area contributed by atoms with E-state index in [-0.39, 0.29) is 23.8 Å². The number of hydrogen-bond donors (Lipinski definition) is 1. The van der Waals surface area contributed by atoms with Crippen molar-refractivity contribution in [3.8, 4) is 22.9 Å². The van der Waals surface area contributed by atoms with Crippen molar-refractivity contribution in [3.63, 3.8) is 0 Å². The minimum Gasteiger partial charge on any atom is -0.496 e. The van der Waals surface area contributed by atoms with E-state index < -0.39 is 11.7 Å². The second-order valence-electron chi connectivity index (χ2n) is 11.4. The largest absolute Gasteiger partial charge is 0.496 e. The fraction of sp³-hybridized carbons (Fsp3) is 0.158. The van der Waals surface area contributed by atoms with Crippen molar-refractivity contribution < 1.29 is 18.7 Å². The highest BCUT2D eigenvalue weighted by Gasteiger charge is 2.19. The molecular formula is C38H33FN4O4. The molecule has 0 aliphatic carbocycles. The summed E-state index contributed by atoms with van der Waals surface area (Å²) in [5, 5.41) is 9.40. The first-order valence-corrected chi connectivity index (χ1v) is 15.2. The molecule has 1 heterocycles. The normalized spacial score (nSPS) is 11.4. The number of anilines is 1. The van der Waals surface area contributed by atoms with E-state index >= 15 is 0 Å². The monoisotopic (exact) mass is 628 g/mol. The number of nitrogens with zero attached hydrogens (tertiary/aromatic N) is 3. The number of aromatic nitrogens is 2. The van der Waals surface area contributed by atoms with Crippen LogP contribution in [-0.2, 0) is 4.79 Å². The quantitative estimate of drug-likeness (QED) is 0.166. The van der Waals surface area contributed by atoms with Crippen LogP contribution in [0.2, 0.25) is 0 Å². The summed E-state index contributed by atoms with van der Waals surface area (Å²) in [5.74, 6) is 0.577.